The minimum Gasteiger partial charge on any atom is -0.379 e. The number of aromatic nitrogens is 4. The summed E-state index contributed by atoms with van der Waals surface area (Å²) in [5, 5.41) is 5.64. The van der Waals surface area contributed by atoms with Crippen molar-refractivity contribution in [2.75, 3.05) is 19.8 Å². The molecule has 3 heterocycles. The number of aryl methyl sites for hydroxylation is 1. The average molecular weight is 347 g/mol. The van der Waals surface area contributed by atoms with Crippen molar-refractivity contribution in [3.05, 3.63) is 27.9 Å². The lowest BCUT2D eigenvalue weighted by Gasteiger charge is -2.32. The number of fused-ring (bicyclic) bond motifs is 1. The molecule has 2 aromatic heterocycles. The summed E-state index contributed by atoms with van der Waals surface area (Å²) in [4.78, 5) is 33.2. The summed E-state index contributed by atoms with van der Waals surface area (Å²) in [6.07, 6.45) is 4.33. The third kappa shape index (κ3) is 3.42. The molecule has 0 radical (unpaired) electrons. The zero-order valence-corrected chi connectivity index (χ0v) is 14.0. The molecular weight excluding hydrogens is 326 g/mol. The van der Waals surface area contributed by atoms with Gasteiger partial charge in [-0.05, 0) is 32.1 Å². The number of ether oxygens (including phenoxy) is 2. The van der Waals surface area contributed by atoms with Crippen LogP contribution in [0.25, 0.3) is 5.78 Å². The third-order valence-electron chi connectivity index (χ3n) is 4.58. The molecule has 134 valence electrons. The van der Waals surface area contributed by atoms with Crippen LogP contribution in [-0.4, -0.2) is 57.5 Å². The Morgan fingerprint density at radius 3 is 3.12 bits per heavy atom. The molecule has 1 aliphatic heterocycles. The van der Waals surface area contributed by atoms with Crippen LogP contribution in [0, 0.1) is 12.8 Å². The first-order valence-corrected chi connectivity index (χ1v) is 8.56. The minimum atomic E-state index is -0.477. The molecule has 9 heteroatoms. The van der Waals surface area contributed by atoms with E-state index in [2.05, 4.69) is 20.4 Å². The van der Waals surface area contributed by atoms with E-state index in [1.165, 1.54) is 23.6 Å². The smallest absolute Gasteiger partial charge is 0.286 e. The van der Waals surface area contributed by atoms with Crippen molar-refractivity contribution >= 4 is 11.7 Å². The van der Waals surface area contributed by atoms with Gasteiger partial charge in [0, 0.05) is 19.4 Å². The van der Waals surface area contributed by atoms with Crippen molar-refractivity contribution in [2.24, 2.45) is 5.92 Å². The summed E-state index contributed by atoms with van der Waals surface area (Å²) in [5.74, 6) is 0.968. The third-order valence-corrected chi connectivity index (χ3v) is 4.58. The number of nitrogens with zero attached hydrogens (tertiary/aromatic N) is 3. The second-order valence-corrected chi connectivity index (χ2v) is 6.68. The van der Waals surface area contributed by atoms with Crippen LogP contribution in [0.4, 0.5) is 0 Å². The molecule has 0 unspecified atom stereocenters. The van der Waals surface area contributed by atoms with E-state index >= 15 is 0 Å². The van der Waals surface area contributed by atoms with Gasteiger partial charge in [0.25, 0.3) is 17.2 Å². The van der Waals surface area contributed by atoms with Gasteiger partial charge in [0.1, 0.15) is 11.4 Å². The Hall–Kier alpha value is -2.26. The minimum absolute atomic E-state index is 0.0346. The van der Waals surface area contributed by atoms with Crippen molar-refractivity contribution in [3.8, 4) is 0 Å². The predicted molar refractivity (Wildman–Crippen MR) is 87.5 cm³/mol. The van der Waals surface area contributed by atoms with Crippen LogP contribution in [0.1, 0.15) is 35.4 Å². The molecule has 2 atom stereocenters. The first-order chi connectivity index (χ1) is 12.1. The maximum atomic E-state index is 12.6. The summed E-state index contributed by atoms with van der Waals surface area (Å²) in [6.45, 7) is 3.43. The number of aromatic amines is 1. The Balaban J connectivity index is 1.49. The van der Waals surface area contributed by atoms with E-state index in [0.717, 1.165) is 13.0 Å². The van der Waals surface area contributed by atoms with Gasteiger partial charge in [-0.2, -0.15) is 9.50 Å². The highest BCUT2D eigenvalue weighted by molar-refractivity contribution is 5.93. The highest BCUT2D eigenvalue weighted by Crippen LogP contribution is 2.30. The molecule has 2 aromatic rings. The number of carbonyl (C=O) groups excluding carboxylic acids is 1. The number of carbonyl (C=O) groups is 1. The lowest BCUT2D eigenvalue weighted by atomic mass is 10.1. The number of nitrogens with one attached hydrogen (secondary N) is 2. The van der Waals surface area contributed by atoms with E-state index in [-0.39, 0.29) is 23.5 Å². The van der Waals surface area contributed by atoms with Crippen molar-refractivity contribution in [1.29, 1.82) is 0 Å². The molecule has 0 aromatic carbocycles. The van der Waals surface area contributed by atoms with Gasteiger partial charge in [0.05, 0.1) is 18.8 Å². The number of hydrogen-bond acceptors (Lipinski definition) is 6. The van der Waals surface area contributed by atoms with E-state index < -0.39 is 11.5 Å². The Morgan fingerprint density at radius 2 is 2.32 bits per heavy atom. The summed E-state index contributed by atoms with van der Waals surface area (Å²) in [7, 11) is 0. The van der Waals surface area contributed by atoms with Crippen LogP contribution >= 0.6 is 0 Å². The van der Waals surface area contributed by atoms with Crippen LogP contribution in [0.15, 0.2) is 11.0 Å². The van der Waals surface area contributed by atoms with Crippen LogP contribution in [0.2, 0.25) is 0 Å². The average Bonchev–Trinajstić information content (AvgIpc) is 3.34. The van der Waals surface area contributed by atoms with E-state index in [4.69, 9.17) is 9.47 Å². The van der Waals surface area contributed by atoms with E-state index in [9.17, 15) is 9.59 Å². The van der Waals surface area contributed by atoms with Gasteiger partial charge in [-0.15, -0.1) is 0 Å². The van der Waals surface area contributed by atoms with E-state index in [1.807, 2.05) is 0 Å². The van der Waals surface area contributed by atoms with Gasteiger partial charge >= 0.3 is 0 Å². The summed E-state index contributed by atoms with van der Waals surface area (Å²) < 4.78 is 12.6. The fourth-order valence-corrected chi connectivity index (χ4v) is 2.96. The quantitative estimate of drug-likeness (QED) is 0.790. The SMILES string of the molecule is Cc1nc2ncc(C(=O)N[C@@H]3COCC[C@@H]3OCC3CC3)c(=O)n2[nH]1. The van der Waals surface area contributed by atoms with Gasteiger partial charge in [-0.25, -0.2) is 4.98 Å². The Labute approximate surface area is 143 Å². The fourth-order valence-electron chi connectivity index (χ4n) is 2.96. The van der Waals surface area contributed by atoms with Gasteiger partial charge in [-0.1, -0.05) is 0 Å². The number of amides is 1. The molecule has 1 amide bonds. The topological polar surface area (TPSA) is 111 Å². The van der Waals surface area contributed by atoms with Crippen LogP contribution in [0.3, 0.4) is 0 Å². The van der Waals surface area contributed by atoms with Crippen LogP contribution in [-0.2, 0) is 9.47 Å². The van der Waals surface area contributed by atoms with Gasteiger partial charge in [-0.3, -0.25) is 14.7 Å². The highest BCUT2D eigenvalue weighted by Gasteiger charge is 2.31. The summed E-state index contributed by atoms with van der Waals surface area (Å²) >= 11 is 0. The Bertz CT molecular complexity index is 841. The Morgan fingerprint density at radius 1 is 1.48 bits per heavy atom. The van der Waals surface area contributed by atoms with Crippen molar-refractivity contribution in [2.45, 2.75) is 38.3 Å². The van der Waals surface area contributed by atoms with E-state index in [1.54, 1.807) is 6.92 Å². The lowest BCUT2D eigenvalue weighted by Crippen LogP contribution is -2.51. The van der Waals surface area contributed by atoms with E-state index in [0.29, 0.717) is 25.0 Å². The zero-order valence-electron chi connectivity index (χ0n) is 14.0. The van der Waals surface area contributed by atoms with Gasteiger partial charge < -0.3 is 14.8 Å². The standard InChI is InChI=1S/C16H21N5O4/c1-9-18-16-17-6-11(15(23)21(16)20-9)14(22)19-12-8-24-5-4-13(12)25-7-10-2-3-10/h6,10,12-13H,2-5,7-8H2,1H3,(H,19,22)(H,17,18,20)/t12-,13+/m1/s1. The molecule has 25 heavy (non-hydrogen) atoms. The maximum Gasteiger partial charge on any atom is 0.286 e. The van der Waals surface area contributed by atoms with Crippen LogP contribution in [0.5, 0.6) is 0 Å². The molecule has 1 saturated heterocycles. The molecule has 2 N–H and O–H groups in total. The molecule has 9 nitrogen and oxygen atoms in total. The molecule has 2 aliphatic rings. The first-order valence-electron chi connectivity index (χ1n) is 8.56. The maximum absolute atomic E-state index is 12.6. The number of rotatable bonds is 5. The molecule has 1 saturated carbocycles. The molecule has 4 rings (SSSR count). The van der Waals surface area contributed by atoms with Gasteiger partial charge in [0.2, 0.25) is 0 Å². The number of H-pyrrole nitrogens is 1. The van der Waals surface area contributed by atoms with Crippen LogP contribution < -0.4 is 10.9 Å². The normalized spacial score (nSPS) is 23.7. The molecule has 2 fully saturated rings. The number of hydrogen-bond donors (Lipinski definition) is 2. The van der Waals surface area contributed by atoms with Gasteiger partial charge in [0.15, 0.2) is 0 Å². The van der Waals surface area contributed by atoms with Crippen molar-refractivity contribution in [3.63, 3.8) is 0 Å². The molecule has 0 bridgehead atoms. The van der Waals surface area contributed by atoms with Crippen molar-refractivity contribution in [1.82, 2.24) is 24.9 Å². The van der Waals surface area contributed by atoms with Crippen molar-refractivity contribution < 1.29 is 14.3 Å². The summed E-state index contributed by atoms with van der Waals surface area (Å²) in [6, 6.07) is -0.274. The molecular formula is C16H21N5O4. The second kappa shape index (κ2) is 6.57. The Kier molecular flexibility index (Phi) is 4.26. The summed E-state index contributed by atoms with van der Waals surface area (Å²) in [5.41, 5.74) is -0.511. The first kappa shape index (κ1) is 16.2. The second-order valence-electron chi connectivity index (χ2n) is 6.68. The monoisotopic (exact) mass is 347 g/mol. The predicted octanol–water partition coefficient (Wildman–Crippen LogP) is 0.0399. The lowest BCUT2D eigenvalue weighted by molar-refractivity contribution is -0.0567. The zero-order chi connectivity index (χ0) is 17.4. The largest absolute Gasteiger partial charge is 0.379 e. The highest BCUT2D eigenvalue weighted by atomic mass is 16.5. The molecule has 1 aliphatic carbocycles. The fraction of sp³-hybridized carbons (Fsp3) is 0.625. The molecule has 0 spiro atoms.